The number of fused-ring (bicyclic) bond motifs is 1. The summed E-state index contributed by atoms with van der Waals surface area (Å²) >= 11 is 6.26. The van der Waals surface area contributed by atoms with E-state index in [4.69, 9.17) is 21.3 Å². The lowest BCUT2D eigenvalue weighted by Gasteiger charge is -2.26. The van der Waals surface area contributed by atoms with Crippen LogP contribution in [-0.4, -0.2) is 64.2 Å². The summed E-state index contributed by atoms with van der Waals surface area (Å²) in [5, 5.41) is 6.34. The van der Waals surface area contributed by atoms with E-state index in [-0.39, 0.29) is 5.02 Å². The fourth-order valence-electron chi connectivity index (χ4n) is 5.39. The zero-order valence-electron chi connectivity index (χ0n) is 23.7. The van der Waals surface area contributed by atoms with Gasteiger partial charge in [-0.2, -0.15) is 13.2 Å². The van der Waals surface area contributed by atoms with Gasteiger partial charge in [-0.1, -0.05) is 23.7 Å². The van der Waals surface area contributed by atoms with Crippen molar-refractivity contribution in [3.05, 3.63) is 70.1 Å². The van der Waals surface area contributed by atoms with Gasteiger partial charge in [-0.15, -0.1) is 0 Å². The minimum atomic E-state index is -4.55. The molecule has 0 radical (unpaired) electrons. The largest absolute Gasteiger partial charge is 0.417 e. The van der Waals surface area contributed by atoms with E-state index in [0.717, 1.165) is 48.8 Å². The van der Waals surface area contributed by atoms with Crippen LogP contribution in [0.4, 0.5) is 36.3 Å². The minimum absolute atomic E-state index is 0.232. The molecule has 0 saturated carbocycles. The summed E-state index contributed by atoms with van der Waals surface area (Å²) in [6, 6.07) is 8.66. The number of hydrogen-bond donors (Lipinski definition) is 2. The van der Waals surface area contributed by atoms with Gasteiger partial charge in [-0.05, 0) is 67.7 Å². The van der Waals surface area contributed by atoms with Crippen molar-refractivity contribution in [2.45, 2.75) is 39.0 Å². The Morgan fingerprint density at radius 2 is 1.79 bits per heavy atom. The average molecular weight is 613 g/mol. The number of benzene rings is 2. The summed E-state index contributed by atoms with van der Waals surface area (Å²) in [6.07, 6.45) is 0.672. The predicted octanol–water partition coefficient (Wildman–Crippen LogP) is 6.19. The molecule has 226 valence electrons. The lowest BCUT2D eigenvalue weighted by Crippen LogP contribution is -2.37. The van der Waals surface area contributed by atoms with Crippen LogP contribution in [0.15, 0.2) is 42.9 Å². The van der Waals surface area contributed by atoms with Gasteiger partial charge in [0.05, 0.1) is 30.0 Å². The molecule has 2 fully saturated rings. The van der Waals surface area contributed by atoms with Crippen LogP contribution < -0.4 is 15.5 Å². The number of aromatic nitrogens is 4. The standard InChI is InChI=1S/C30H32ClF3N8O/c1-19-4-5-20(15-35-22-13-21(17-41-6-2-3-7-41)26(31)23(14-22)30(32,33)34)12-24(19)39-28-27-25(37-18-38-28)16-36-29(40-27)42-8-10-43-11-9-42/h4-5,12-14,16,18,35H,2-3,6-11,15,17H2,1H3,(H,37,38,39). The third-order valence-electron chi connectivity index (χ3n) is 7.76. The van der Waals surface area contributed by atoms with Gasteiger partial charge in [-0.25, -0.2) is 19.9 Å². The van der Waals surface area contributed by atoms with Crippen molar-refractivity contribution < 1.29 is 17.9 Å². The number of anilines is 4. The zero-order chi connectivity index (χ0) is 30.0. The molecule has 43 heavy (non-hydrogen) atoms. The van der Waals surface area contributed by atoms with Crippen LogP contribution in [0.1, 0.15) is 35.1 Å². The molecule has 2 aliphatic rings. The Labute approximate surface area is 252 Å². The van der Waals surface area contributed by atoms with Crippen molar-refractivity contribution in [2.75, 3.05) is 54.9 Å². The Kier molecular flexibility index (Phi) is 8.51. The first-order valence-electron chi connectivity index (χ1n) is 14.3. The van der Waals surface area contributed by atoms with Gasteiger partial charge in [0.15, 0.2) is 5.82 Å². The molecule has 2 aromatic carbocycles. The van der Waals surface area contributed by atoms with Crippen LogP contribution >= 0.6 is 11.6 Å². The number of likely N-dealkylation sites (tertiary alicyclic amines) is 1. The number of ether oxygens (including phenoxy) is 1. The molecule has 2 saturated heterocycles. The van der Waals surface area contributed by atoms with Crippen LogP contribution in [0, 0.1) is 6.92 Å². The van der Waals surface area contributed by atoms with E-state index in [9.17, 15) is 13.2 Å². The van der Waals surface area contributed by atoms with E-state index >= 15 is 0 Å². The molecule has 9 nitrogen and oxygen atoms in total. The number of morpholine rings is 1. The third-order valence-corrected chi connectivity index (χ3v) is 8.20. The fourth-order valence-corrected chi connectivity index (χ4v) is 5.66. The maximum atomic E-state index is 13.9. The Bertz CT molecular complexity index is 1610. The topological polar surface area (TPSA) is 91.3 Å². The smallest absolute Gasteiger partial charge is 0.381 e. The number of alkyl halides is 3. The van der Waals surface area contributed by atoms with Crippen molar-refractivity contribution in [3.8, 4) is 0 Å². The van der Waals surface area contributed by atoms with E-state index in [1.54, 1.807) is 12.3 Å². The lowest BCUT2D eigenvalue weighted by molar-refractivity contribution is -0.137. The van der Waals surface area contributed by atoms with E-state index < -0.39 is 11.7 Å². The SMILES string of the molecule is Cc1ccc(CNc2cc(CN3CCCC3)c(Cl)c(C(F)(F)F)c2)cc1Nc1ncnc2cnc(N3CCOCC3)nc12. The van der Waals surface area contributed by atoms with Crippen molar-refractivity contribution in [1.29, 1.82) is 0 Å². The predicted molar refractivity (Wildman–Crippen MR) is 161 cm³/mol. The minimum Gasteiger partial charge on any atom is -0.381 e. The normalized spacial score (nSPS) is 16.2. The molecule has 0 atom stereocenters. The number of nitrogens with zero attached hydrogens (tertiary/aromatic N) is 6. The molecular formula is C30H32ClF3N8O. The molecule has 4 aromatic rings. The van der Waals surface area contributed by atoms with E-state index in [0.29, 0.717) is 73.4 Å². The van der Waals surface area contributed by atoms with Crippen molar-refractivity contribution in [2.24, 2.45) is 0 Å². The summed E-state index contributed by atoms with van der Waals surface area (Å²) in [5.74, 6) is 1.13. The first-order chi connectivity index (χ1) is 20.7. The van der Waals surface area contributed by atoms with Crippen LogP contribution in [0.3, 0.4) is 0 Å². The number of halogens is 4. The Morgan fingerprint density at radius 3 is 2.56 bits per heavy atom. The van der Waals surface area contributed by atoms with Crippen molar-refractivity contribution in [1.82, 2.24) is 24.8 Å². The Morgan fingerprint density at radius 1 is 1.00 bits per heavy atom. The fraction of sp³-hybridized carbons (Fsp3) is 0.400. The summed E-state index contributed by atoms with van der Waals surface area (Å²) in [5.41, 5.74) is 3.86. The molecule has 0 aliphatic carbocycles. The summed E-state index contributed by atoms with van der Waals surface area (Å²) in [7, 11) is 0. The van der Waals surface area contributed by atoms with Crippen LogP contribution in [-0.2, 0) is 24.0 Å². The van der Waals surface area contributed by atoms with Crippen LogP contribution in [0.5, 0.6) is 0 Å². The molecule has 0 spiro atoms. The molecule has 2 aliphatic heterocycles. The van der Waals surface area contributed by atoms with Crippen molar-refractivity contribution in [3.63, 3.8) is 0 Å². The lowest BCUT2D eigenvalue weighted by atomic mass is 10.1. The average Bonchev–Trinajstić information content (AvgIpc) is 3.52. The summed E-state index contributed by atoms with van der Waals surface area (Å²) < 4.78 is 47.1. The first-order valence-corrected chi connectivity index (χ1v) is 14.7. The van der Waals surface area contributed by atoms with Gasteiger partial charge in [0, 0.05) is 37.6 Å². The van der Waals surface area contributed by atoms with Crippen LogP contribution in [0.25, 0.3) is 11.0 Å². The highest BCUT2D eigenvalue weighted by atomic mass is 35.5. The third kappa shape index (κ3) is 6.76. The molecule has 2 N–H and O–H groups in total. The number of rotatable bonds is 8. The molecule has 0 bridgehead atoms. The van der Waals surface area contributed by atoms with E-state index in [1.165, 1.54) is 6.33 Å². The molecule has 0 unspecified atom stereocenters. The molecule has 6 rings (SSSR count). The second-order valence-corrected chi connectivity index (χ2v) is 11.2. The van der Waals surface area contributed by atoms with Gasteiger partial charge >= 0.3 is 6.18 Å². The molecule has 0 amide bonds. The summed E-state index contributed by atoms with van der Waals surface area (Å²) in [6.45, 7) is 7.02. The van der Waals surface area contributed by atoms with E-state index in [1.807, 2.05) is 25.1 Å². The molecular weight excluding hydrogens is 581 g/mol. The monoisotopic (exact) mass is 612 g/mol. The maximum absolute atomic E-state index is 13.9. The highest BCUT2D eigenvalue weighted by Gasteiger charge is 2.35. The maximum Gasteiger partial charge on any atom is 0.417 e. The second kappa shape index (κ2) is 12.5. The first kappa shape index (κ1) is 29.3. The highest BCUT2D eigenvalue weighted by molar-refractivity contribution is 6.32. The molecule has 4 heterocycles. The van der Waals surface area contributed by atoms with Crippen molar-refractivity contribution >= 4 is 45.8 Å². The number of nitrogens with one attached hydrogen (secondary N) is 2. The number of hydrogen-bond acceptors (Lipinski definition) is 9. The Balaban J connectivity index is 1.23. The van der Waals surface area contributed by atoms with E-state index in [2.05, 4.69) is 35.4 Å². The molecule has 13 heteroatoms. The molecule has 2 aromatic heterocycles. The van der Waals surface area contributed by atoms with Gasteiger partial charge < -0.3 is 20.3 Å². The van der Waals surface area contributed by atoms with Crippen LogP contribution in [0.2, 0.25) is 5.02 Å². The second-order valence-electron chi connectivity index (χ2n) is 10.8. The quantitative estimate of drug-likeness (QED) is 0.242. The van der Waals surface area contributed by atoms with Gasteiger partial charge in [0.2, 0.25) is 5.95 Å². The highest BCUT2D eigenvalue weighted by Crippen LogP contribution is 2.39. The van der Waals surface area contributed by atoms with Gasteiger partial charge in [-0.3, -0.25) is 4.90 Å². The summed E-state index contributed by atoms with van der Waals surface area (Å²) in [4.78, 5) is 22.2. The van der Waals surface area contributed by atoms with Gasteiger partial charge in [0.1, 0.15) is 17.4 Å². The number of aryl methyl sites for hydroxylation is 1. The zero-order valence-corrected chi connectivity index (χ0v) is 24.5. The Hall–Kier alpha value is -3.74. The van der Waals surface area contributed by atoms with Gasteiger partial charge in [0.25, 0.3) is 0 Å².